The van der Waals surface area contributed by atoms with Crippen LogP contribution in [-0.2, 0) is 4.79 Å². The Bertz CT molecular complexity index is 341. The largest absolute Gasteiger partial charge is 0.427 e. The minimum Gasteiger partial charge on any atom is -0.427 e. The fourth-order valence-electron chi connectivity index (χ4n) is 0.987. The summed E-state index contributed by atoms with van der Waals surface area (Å²) in [7, 11) is 0. The number of alkyl halides is 3. The Balaban J connectivity index is 2.68. The van der Waals surface area contributed by atoms with E-state index < -0.39 is 12.1 Å². The molecule has 0 saturated heterocycles. The molecule has 0 aliphatic rings. The second kappa shape index (κ2) is 4.33. The molecule has 1 rings (SSSR count). The molecule has 0 aliphatic heterocycles. The van der Waals surface area contributed by atoms with Gasteiger partial charge in [-0.1, -0.05) is 12.1 Å². The van der Waals surface area contributed by atoms with Gasteiger partial charge in [-0.3, -0.25) is 4.79 Å². The third-order valence-corrected chi connectivity index (χ3v) is 1.47. The van der Waals surface area contributed by atoms with E-state index in [0.29, 0.717) is 0 Å². The Morgan fingerprint density at radius 2 is 1.80 bits per heavy atom. The minimum atomic E-state index is -4.34. The van der Waals surface area contributed by atoms with E-state index in [1.165, 1.54) is 31.2 Å². The smallest absolute Gasteiger partial charge is 0.396 e. The zero-order valence-electron chi connectivity index (χ0n) is 7.84. The third kappa shape index (κ3) is 4.49. The Labute approximate surface area is 84.7 Å². The molecule has 2 nitrogen and oxygen atoms in total. The fourth-order valence-corrected chi connectivity index (χ4v) is 0.987. The second-order valence-electron chi connectivity index (χ2n) is 2.85. The summed E-state index contributed by atoms with van der Waals surface area (Å²) < 4.78 is 40.4. The number of ether oxygens (including phenoxy) is 1. The van der Waals surface area contributed by atoms with Crippen molar-refractivity contribution in [3.05, 3.63) is 36.2 Å². The van der Waals surface area contributed by atoms with E-state index >= 15 is 0 Å². The monoisotopic (exact) mass is 217 g/mol. The SMILES string of the molecule is CC(=O)Oc1ccc([CH]C(F)(F)F)cc1. The van der Waals surface area contributed by atoms with Crippen molar-refractivity contribution in [3.63, 3.8) is 0 Å². The van der Waals surface area contributed by atoms with E-state index in [-0.39, 0.29) is 17.7 Å². The maximum Gasteiger partial charge on any atom is 0.396 e. The standard InChI is InChI=1S/C10H8F3O2/c1-7(14)15-9-4-2-8(3-5-9)6-10(11,12)13/h2-6H,1H3. The van der Waals surface area contributed by atoms with Crippen LogP contribution in [0.15, 0.2) is 24.3 Å². The van der Waals surface area contributed by atoms with Gasteiger partial charge >= 0.3 is 12.1 Å². The predicted octanol–water partition coefficient (Wildman–Crippen LogP) is 2.73. The van der Waals surface area contributed by atoms with Gasteiger partial charge in [0.2, 0.25) is 0 Å². The summed E-state index contributed by atoms with van der Waals surface area (Å²) in [5.74, 6) is -0.288. The molecule has 1 radical (unpaired) electrons. The average molecular weight is 217 g/mol. The molecule has 0 aliphatic carbocycles. The molecule has 81 valence electrons. The van der Waals surface area contributed by atoms with E-state index in [0.717, 1.165) is 0 Å². The van der Waals surface area contributed by atoms with Crippen LogP contribution in [0.25, 0.3) is 0 Å². The molecule has 0 fully saturated rings. The van der Waals surface area contributed by atoms with E-state index in [1.54, 1.807) is 0 Å². The lowest BCUT2D eigenvalue weighted by Crippen LogP contribution is -2.08. The van der Waals surface area contributed by atoms with Crippen molar-refractivity contribution < 1.29 is 22.7 Å². The molecular weight excluding hydrogens is 209 g/mol. The Kier molecular flexibility index (Phi) is 3.34. The summed E-state index contributed by atoms with van der Waals surface area (Å²) in [5, 5.41) is 0. The molecule has 1 aromatic carbocycles. The minimum absolute atomic E-state index is 0.0124. The van der Waals surface area contributed by atoms with Crippen molar-refractivity contribution in [2.24, 2.45) is 0 Å². The lowest BCUT2D eigenvalue weighted by Gasteiger charge is -2.06. The topological polar surface area (TPSA) is 26.3 Å². The van der Waals surface area contributed by atoms with Gasteiger partial charge in [0.25, 0.3) is 0 Å². The second-order valence-corrected chi connectivity index (χ2v) is 2.85. The average Bonchev–Trinajstić information content (AvgIpc) is 2.05. The zero-order valence-corrected chi connectivity index (χ0v) is 7.84. The molecule has 0 amide bonds. The lowest BCUT2D eigenvalue weighted by molar-refractivity contribution is -0.131. The van der Waals surface area contributed by atoms with Crippen LogP contribution in [0.5, 0.6) is 5.75 Å². The molecular formula is C10H8F3O2. The van der Waals surface area contributed by atoms with E-state index in [1.807, 2.05) is 0 Å². The predicted molar refractivity (Wildman–Crippen MR) is 47.2 cm³/mol. The van der Waals surface area contributed by atoms with Crippen LogP contribution >= 0.6 is 0 Å². The maximum atomic E-state index is 11.9. The normalized spacial score (nSPS) is 11.2. The summed E-state index contributed by atoms with van der Waals surface area (Å²) in [6, 6.07) is 5.06. The summed E-state index contributed by atoms with van der Waals surface area (Å²) in [5.41, 5.74) is 0.0124. The number of rotatable bonds is 2. The number of hydrogen-bond acceptors (Lipinski definition) is 2. The van der Waals surface area contributed by atoms with Crippen LogP contribution in [0.1, 0.15) is 12.5 Å². The van der Waals surface area contributed by atoms with Crippen LogP contribution in [0, 0.1) is 6.42 Å². The Morgan fingerprint density at radius 1 is 1.27 bits per heavy atom. The summed E-state index contributed by atoms with van der Waals surface area (Å²) in [6.45, 7) is 1.22. The zero-order chi connectivity index (χ0) is 11.5. The first-order valence-corrected chi connectivity index (χ1v) is 4.08. The maximum absolute atomic E-state index is 11.9. The number of carbonyl (C=O) groups excluding carboxylic acids is 1. The summed E-state index contributed by atoms with van der Waals surface area (Å²) in [4.78, 5) is 10.5. The molecule has 0 heterocycles. The van der Waals surface area contributed by atoms with Gasteiger partial charge in [-0.15, -0.1) is 0 Å². The molecule has 0 atom stereocenters. The number of esters is 1. The van der Waals surface area contributed by atoms with Crippen molar-refractivity contribution in [2.75, 3.05) is 0 Å². The van der Waals surface area contributed by atoms with E-state index in [4.69, 9.17) is 0 Å². The first-order chi connectivity index (χ1) is 6.87. The summed E-state index contributed by atoms with van der Waals surface area (Å²) >= 11 is 0. The van der Waals surface area contributed by atoms with Gasteiger partial charge in [0, 0.05) is 6.92 Å². The highest BCUT2D eigenvalue weighted by molar-refractivity contribution is 5.69. The van der Waals surface area contributed by atoms with Gasteiger partial charge in [0.1, 0.15) is 5.75 Å². The van der Waals surface area contributed by atoms with Gasteiger partial charge in [-0.05, 0) is 17.7 Å². The van der Waals surface area contributed by atoms with Crippen LogP contribution in [0.4, 0.5) is 13.2 Å². The number of halogens is 3. The Hall–Kier alpha value is -1.52. The molecule has 0 spiro atoms. The Morgan fingerprint density at radius 3 is 2.20 bits per heavy atom. The molecule has 1 aromatic rings. The molecule has 0 aromatic heterocycles. The van der Waals surface area contributed by atoms with E-state index in [9.17, 15) is 18.0 Å². The van der Waals surface area contributed by atoms with Crippen molar-refractivity contribution in [1.82, 2.24) is 0 Å². The van der Waals surface area contributed by atoms with Gasteiger partial charge in [-0.25, -0.2) is 0 Å². The van der Waals surface area contributed by atoms with Gasteiger partial charge < -0.3 is 4.74 Å². The van der Waals surface area contributed by atoms with Crippen LogP contribution in [-0.4, -0.2) is 12.1 Å². The molecule has 0 N–H and O–H groups in total. The number of benzene rings is 1. The highest BCUT2D eigenvalue weighted by Crippen LogP contribution is 2.24. The first kappa shape index (κ1) is 11.6. The van der Waals surface area contributed by atoms with Crippen molar-refractivity contribution in [1.29, 1.82) is 0 Å². The number of hydrogen-bond donors (Lipinski definition) is 0. The van der Waals surface area contributed by atoms with Crippen LogP contribution in [0.2, 0.25) is 0 Å². The molecule has 0 bridgehead atoms. The van der Waals surface area contributed by atoms with Crippen LogP contribution < -0.4 is 4.74 Å². The molecule has 0 unspecified atom stereocenters. The van der Waals surface area contributed by atoms with Crippen LogP contribution in [0.3, 0.4) is 0 Å². The fraction of sp³-hybridized carbons (Fsp3) is 0.200. The van der Waals surface area contributed by atoms with Gasteiger partial charge in [0.05, 0.1) is 6.42 Å². The first-order valence-electron chi connectivity index (χ1n) is 4.08. The van der Waals surface area contributed by atoms with Crippen molar-refractivity contribution >= 4 is 5.97 Å². The van der Waals surface area contributed by atoms with Crippen molar-refractivity contribution in [3.8, 4) is 5.75 Å². The molecule has 5 heteroatoms. The van der Waals surface area contributed by atoms with E-state index in [2.05, 4.69) is 4.74 Å². The molecule has 0 saturated carbocycles. The highest BCUT2D eigenvalue weighted by atomic mass is 19.4. The highest BCUT2D eigenvalue weighted by Gasteiger charge is 2.28. The number of carbonyl (C=O) groups is 1. The molecule has 15 heavy (non-hydrogen) atoms. The lowest BCUT2D eigenvalue weighted by atomic mass is 10.1. The quantitative estimate of drug-likeness (QED) is 0.562. The van der Waals surface area contributed by atoms with Gasteiger partial charge in [0.15, 0.2) is 0 Å². The van der Waals surface area contributed by atoms with Gasteiger partial charge in [-0.2, -0.15) is 13.2 Å². The summed E-state index contributed by atoms with van der Waals surface area (Å²) in [6.07, 6.45) is -4.17. The van der Waals surface area contributed by atoms with Crippen molar-refractivity contribution in [2.45, 2.75) is 13.1 Å². The third-order valence-electron chi connectivity index (χ3n) is 1.47.